The van der Waals surface area contributed by atoms with Gasteiger partial charge in [-0.05, 0) is 60.1 Å². The van der Waals surface area contributed by atoms with E-state index in [1.165, 1.54) is 34.2 Å². The molecule has 2 rings (SSSR count). The molecule has 0 saturated carbocycles. The number of hydrogen-bond donors (Lipinski definition) is 0. The van der Waals surface area contributed by atoms with Crippen molar-refractivity contribution in [3.8, 4) is 11.1 Å². The fourth-order valence-corrected chi connectivity index (χ4v) is 2.37. The quantitative estimate of drug-likeness (QED) is 0.608. The minimum Gasteiger partial charge on any atom is -0.0841 e. The lowest BCUT2D eigenvalue weighted by molar-refractivity contribution is 0.734. The number of rotatable bonds is 4. The van der Waals surface area contributed by atoms with E-state index in [2.05, 4.69) is 82.3 Å². The minimum absolute atomic E-state index is 0.621. The average Bonchev–Trinajstić information content (AvgIpc) is 2.53. The highest BCUT2D eigenvalue weighted by molar-refractivity contribution is 5.72. The van der Waals surface area contributed by atoms with Crippen LogP contribution in [0.5, 0.6) is 0 Å². The summed E-state index contributed by atoms with van der Waals surface area (Å²) in [6.07, 6.45) is 3.34. The van der Waals surface area contributed by atoms with Gasteiger partial charge in [-0.15, -0.1) is 0 Å². The Labute approximate surface area is 123 Å². The van der Waals surface area contributed by atoms with Gasteiger partial charge in [-0.1, -0.05) is 62.4 Å². The molecule has 2 aromatic carbocycles. The summed E-state index contributed by atoms with van der Waals surface area (Å²) in [5.41, 5.74) is 6.67. The second-order valence-corrected chi connectivity index (χ2v) is 5.49. The van der Waals surface area contributed by atoms with Gasteiger partial charge in [0.05, 0.1) is 0 Å². The summed E-state index contributed by atoms with van der Waals surface area (Å²) in [7, 11) is 0. The van der Waals surface area contributed by atoms with E-state index in [1.54, 1.807) is 0 Å². The second-order valence-electron chi connectivity index (χ2n) is 5.49. The Kier molecular flexibility index (Phi) is 4.79. The first kappa shape index (κ1) is 14.6. The van der Waals surface area contributed by atoms with E-state index >= 15 is 0 Å². The van der Waals surface area contributed by atoms with Crippen molar-refractivity contribution in [2.24, 2.45) is 0 Å². The van der Waals surface area contributed by atoms with Gasteiger partial charge in [0.15, 0.2) is 0 Å². The highest BCUT2D eigenvalue weighted by Gasteiger charge is 2.05. The van der Waals surface area contributed by atoms with Crippen molar-refractivity contribution in [1.82, 2.24) is 0 Å². The summed E-state index contributed by atoms with van der Waals surface area (Å²) in [5.74, 6) is 0.621. The van der Waals surface area contributed by atoms with Gasteiger partial charge in [0.1, 0.15) is 0 Å². The molecule has 0 amide bonds. The van der Waals surface area contributed by atoms with Crippen LogP contribution in [-0.2, 0) is 0 Å². The SMILES string of the molecule is C/C=C(\C)c1cccc(-c2cccc(C(C)CC)c2)c1. The molecule has 20 heavy (non-hydrogen) atoms. The minimum atomic E-state index is 0.621. The van der Waals surface area contributed by atoms with Gasteiger partial charge in [-0.2, -0.15) is 0 Å². The highest BCUT2D eigenvalue weighted by atomic mass is 14.1. The standard InChI is InChI=1S/C20H24/c1-5-15(3)17-9-7-11-19(13-17)20-12-8-10-18(14-20)16(4)6-2/h5,7-14,16H,6H2,1-4H3/b15-5+. The van der Waals surface area contributed by atoms with E-state index in [0.717, 1.165) is 0 Å². The first-order valence-corrected chi connectivity index (χ1v) is 7.49. The predicted molar refractivity (Wildman–Crippen MR) is 89.9 cm³/mol. The smallest absolute Gasteiger partial charge is 0.0178 e. The van der Waals surface area contributed by atoms with Crippen LogP contribution < -0.4 is 0 Å². The first-order valence-electron chi connectivity index (χ1n) is 7.49. The van der Waals surface area contributed by atoms with Gasteiger partial charge in [0, 0.05) is 0 Å². The zero-order valence-corrected chi connectivity index (χ0v) is 13.0. The zero-order valence-electron chi connectivity index (χ0n) is 13.0. The van der Waals surface area contributed by atoms with Crippen LogP contribution in [0.1, 0.15) is 51.2 Å². The van der Waals surface area contributed by atoms with Crippen LogP contribution in [0.15, 0.2) is 54.6 Å². The van der Waals surface area contributed by atoms with Crippen LogP contribution in [0.3, 0.4) is 0 Å². The van der Waals surface area contributed by atoms with Crippen molar-refractivity contribution in [1.29, 1.82) is 0 Å². The molecule has 0 fully saturated rings. The second kappa shape index (κ2) is 6.56. The summed E-state index contributed by atoms with van der Waals surface area (Å²) < 4.78 is 0. The van der Waals surface area contributed by atoms with E-state index in [0.29, 0.717) is 5.92 Å². The van der Waals surface area contributed by atoms with Crippen LogP contribution >= 0.6 is 0 Å². The molecule has 0 aromatic heterocycles. The molecule has 0 N–H and O–H groups in total. The van der Waals surface area contributed by atoms with Crippen LogP contribution in [0.2, 0.25) is 0 Å². The topological polar surface area (TPSA) is 0 Å². The number of benzene rings is 2. The van der Waals surface area contributed by atoms with E-state index in [-0.39, 0.29) is 0 Å². The van der Waals surface area contributed by atoms with Gasteiger partial charge in [0.2, 0.25) is 0 Å². The maximum atomic E-state index is 2.33. The predicted octanol–water partition coefficient (Wildman–Crippen LogP) is 6.29. The van der Waals surface area contributed by atoms with E-state index in [1.807, 2.05) is 0 Å². The molecule has 104 valence electrons. The van der Waals surface area contributed by atoms with Crippen molar-refractivity contribution in [2.75, 3.05) is 0 Å². The largest absolute Gasteiger partial charge is 0.0841 e. The molecule has 0 spiro atoms. The molecule has 0 nitrogen and oxygen atoms in total. The average molecular weight is 264 g/mol. The fourth-order valence-electron chi connectivity index (χ4n) is 2.37. The number of allylic oxidation sites excluding steroid dienone is 2. The van der Waals surface area contributed by atoms with Crippen LogP contribution in [0.4, 0.5) is 0 Å². The van der Waals surface area contributed by atoms with Crippen LogP contribution in [0.25, 0.3) is 16.7 Å². The van der Waals surface area contributed by atoms with Crippen molar-refractivity contribution < 1.29 is 0 Å². The normalized spacial score (nSPS) is 13.3. The van der Waals surface area contributed by atoms with Gasteiger partial charge >= 0.3 is 0 Å². The molecule has 0 heterocycles. The first-order chi connectivity index (χ1) is 9.65. The summed E-state index contributed by atoms with van der Waals surface area (Å²) >= 11 is 0. The Bertz CT molecular complexity index is 605. The Balaban J connectivity index is 2.41. The summed E-state index contributed by atoms with van der Waals surface area (Å²) in [6.45, 7) is 8.78. The van der Waals surface area contributed by atoms with Crippen molar-refractivity contribution in [3.63, 3.8) is 0 Å². The van der Waals surface area contributed by atoms with E-state index < -0.39 is 0 Å². The molecule has 0 heteroatoms. The van der Waals surface area contributed by atoms with E-state index in [9.17, 15) is 0 Å². The fraction of sp³-hybridized carbons (Fsp3) is 0.300. The van der Waals surface area contributed by atoms with Gasteiger partial charge in [-0.25, -0.2) is 0 Å². The van der Waals surface area contributed by atoms with Crippen LogP contribution in [-0.4, -0.2) is 0 Å². The number of hydrogen-bond acceptors (Lipinski definition) is 0. The monoisotopic (exact) mass is 264 g/mol. The molecule has 0 saturated heterocycles. The third-order valence-corrected chi connectivity index (χ3v) is 4.15. The Morgan fingerprint density at radius 2 is 1.70 bits per heavy atom. The van der Waals surface area contributed by atoms with Crippen molar-refractivity contribution >= 4 is 5.57 Å². The lowest BCUT2D eigenvalue weighted by Crippen LogP contribution is -1.91. The Morgan fingerprint density at radius 3 is 2.35 bits per heavy atom. The maximum absolute atomic E-state index is 2.33. The zero-order chi connectivity index (χ0) is 14.5. The highest BCUT2D eigenvalue weighted by Crippen LogP contribution is 2.27. The molecule has 0 aliphatic carbocycles. The van der Waals surface area contributed by atoms with E-state index in [4.69, 9.17) is 0 Å². The molecule has 2 aromatic rings. The van der Waals surface area contributed by atoms with Crippen molar-refractivity contribution in [3.05, 3.63) is 65.7 Å². The molecule has 0 aliphatic rings. The molecule has 1 atom stereocenters. The molecular weight excluding hydrogens is 240 g/mol. The molecule has 0 aliphatic heterocycles. The Morgan fingerprint density at radius 1 is 1.05 bits per heavy atom. The molecule has 1 unspecified atom stereocenters. The van der Waals surface area contributed by atoms with Gasteiger partial charge < -0.3 is 0 Å². The summed E-state index contributed by atoms with van der Waals surface area (Å²) in [5, 5.41) is 0. The Hall–Kier alpha value is -1.82. The third-order valence-electron chi connectivity index (χ3n) is 4.15. The summed E-state index contributed by atoms with van der Waals surface area (Å²) in [6, 6.07) is 17.7. The lowest BCUT2D eigenvalue weighted by Gasteiger charge is -2.12. The lowest BCUT2D eigenvalue weighted by atomic mass is 9.93. The molecular formula is C20H24. The molecule has 0 bridgehead atoms. The maximum Gasteiger partial charge on any atom is -0.0178 e. The van der Waals surface area contributed by atoms with Crippen molar-refractivity contribution in [2.45, 2.75) is 40.0 Å². The van der Waals surface area contributed by atoms with Gasteiger partial charge in [0.25, 0.3) is 0 Å². The van der Waals surface area contributed by atoms with Gasteiger partial charge in [-0.3, -0.25) is 0 Å². The third kappa shape index (κ3) is 3.19. The van der Waals surface area contributed by atoms with Crippen LogP contribution in [0, 0.1) is 0 Å². The summed E-state index contributed by atoms with van der Waals surface area (Å²) in [4.78, 5) is 0. The molecule has 0 radical (unpaired) electrons.